The first-order chi connectivity index (χ1) is 5.72. The molecule has 0 aliphatic carbocycles. The van der Waals surface area contributed by atoms with E-state index in [0.717, 1.165) is 15.0 Å². The molecule has 0 spiro atoms. The molecule has 0 bridgehead atoms. The molecule has 4 heteroatoms. The predicted octanol–water partition coefficient (Wildman–Crippen LogP) is 2.44. The van der Waals surface area contributed by atoms with Gasteiger partial charge in [-0.1, -0.05) is 24.4 Å². The van der Waals surface area contributed by atoms with Crippen molar-refractivity contribution in [1.29, 1.82) is 0 Å². The van der Waals surface area contributed by atoms with Gasteiger partial charge >= 0.3 is 0 Å². The van der Waals surface area contributed by atoms with E-state index in [0.29, 0.717) is 5.17 Å². The summed E-state index contributed by atoms with van der Waals surface area (Å²) in [5.41, 5.74) is 6.52. The summed E-state index contributed by atoms with van der Waals surface area (Å²) in [6.45, 7) is 3.65. The van der Waals surface area contributed by atoms with Gasteiger partial charge in [0.05, 0.1) is 5.70 Å². The minimum atomic E-state index is 0.656. The molecule has 1 rings (SSSR count). The van der Waals surface area contributed by atoms with Crippen LogP contribution in [0.1, 0.15) is 0 Å². The molecule has 64 valence electrons. The second kappa shape index (κ2) is 4.71. The van der Waals surface area contributed by atoms with Crippen LogP contribution in [0, 0.1) is 0 Å². The van der Waals surface area contributed by atoms with Crippen LogP contribution in [0.25, 0.3) is 0 Å². The Hall–Kier alpha value is -0.230. The number of rotatable bonds is 2. The Bertz CT molecular complexity index is 279. The van der Waals surface area contributed by atoms with Gasteiger partial charge in [0.15, 0.2) is 5.17 Å². The van der Waals surface area contributed by atoms with Crippen molar-refractivity contribution >= 4 is 39.5 Å². The van der Waals surface area contributed by atoms with Gasteiger partial charge in [0, 0.05) is 9.33 Å². The minimum absolute atomic E-state index is 0.656. The third-order valence-corrected chi connectivity index (χ3v) is 2.88. The highest BCUT2D eigenvalue weighted by atomic mass is 127. The van der Waals surface area contributed by atoms with Crippen LogP contribution >= 0.6 is 34.4 Å². The molecule has 1 heterocycles. The van der Waals surface area contributed by atoms with Gasteiger partial charge in [-0.25, -0.2) is 4.99 Å². The maximum atomic E-state index is 5.49. The van der Waals surface area contributed by atoms with E-state index in [1.807, 2.05) is 12.2 Å². The Morgan fingerprint density at radius 2 is 2.50 bits per heavy atom. The fraction of sp³-hybridized carbons (Fsp3) is 0.125. The minimum Gasteiger partial charge on any atom is -0.378 e. The number of amidine groups is 1. The van der Waals surface area contributed by atoms with Crippen LogP contribution in [0.15, 0.2) is 39.1 Å². The molecule has 0 radical (unpaired) electrons. The Morgan fingerprint density at radius 3 is 3.00 bits per heavy atom. The highest BCUT2D eigenvalue weighted by Gasteiger charge is 2.06. The average Bonchev–Trinajstić information content (AvgIpc) is 2.47. The van der Waals surface area contributed by atoms with Crippen LogP contribution < -0.4 is 5.73 Å². The Kier molecular flexibility index (Phi) is 3.87. The standard InChI is InChI=1S/C8H9IN2S/c1-2-6(9)3-4-7-5-12-8(10)11-7/h2-4H,1,5H2,(H2,10,11)/b6-3+,7-4+. The Labute approximate surface area is 89.8 Å². The van der Waals surface area contributed by atoms with Gasteiger partial charge in [0.25, 0.3) is 0 Å². The van der Waals surface area contributed by atoms with Gasteiger partial charge in [-0.15, -0.1) is 0 Å². The number of nitrogens with zero attached hydrogens (tertiary/aromatic N) is 1. The largest absolute Gasteiger partial charge is 0.378 e. The van der Waals surface area contributed by atoms with Crippen molar-refractivity contribution in [3.05, 3.63) is 34.1 Å². The number of allylic oxidation sites excluding steroid dienone is 4. The van der Waals surface area contributed by atoms with E-state index in [2.05, 4.69) is 34.2 Å². The Morgan fingerprint density at radius 1 is 1.75 bits per heavy atom. The smallest absolute Gasteiger partial charge is 0.159 e. The van der Waals surface area contributed by atoms with Crippen LogP contribution in [0.4, 0.5) is 0 Å². The number of hydrogen-bond donors (Lipinski definition) is 1. The lowest BCUT2D eigenvalue weighted by Crippen LogP contribution is -2.00. The normalized spacial score (nSPS) is 21.2. The summed E-state index contributed by atoms with van der Waals surface area (Å²) in [5, 5.41) is 0.656. The topological polar surface area (TPSA) is 38.4 Å². The van der Waals surface area contributed by atoms with Gasteiger partial charge in [-0.3, -0.25) is 0 Å². The molecule has 0 atom stereocenters. The lowest BCUT2D eigenvalue weighted by Gasteiger charge is -1.86. The molecule has 1 aliphatic heterocycles. The third kappa shape index (κ3) is 3.02. The van der Waals surface area contributed by atoms with Crippen LogP contribution in [-0.4, -0.2) is 10.9 Å². The first-order valence-corrected chi connectivity index (χ1v) is 5.44. The molecule has 0 fully saturated rings. The summed E-state index contributed by atoms with van der Waals surface area (Å²) in [6.07, 6.45) is 5.74. The van der Waals surface area contributed by atoms with Crippen LogP contribution in [-0.2, 0) is 0 Å². The van der Waals surface area contributed by atoms with Crippen molar-refractivity contribution in [3.63, 3.8) is 0 Å². The summed E-state index contributed by atoms with van der Waals surface area (Å²) >= 11 is 3.78. The number of nitrogens with two attached hydrogens (primary N) is 1. The molecule has 0 unspecified atom stereocenters. The molecule has 0 aromatic carbocycles. The van der Waals surface area contributed by atoms with Crippen molar-refractivity contribution in [2.24, 2.45) is 10.7 Å². The fourth-order valence-corrected chi connectivity index (χ4v) is 1.50. The Balaban J connectivity index is 2.65. The zero-order valence-corrected chi connectivity index (χ0v) is 9.43. The molecule has 2 N–H and O–H groups in total. The molecule has 1 aliphatic rings. The van der Waals surface area contributed by atoms with E-state index >= 15 is 0 Å². The molecule has 12 heavy (non-hydrogen) atoms. The first kappa shape index (κ1) is 9.85. The molecule has 0 aromatic rings. The summed E-state index contributed by atoms with van der Waals surface area (Å²) in [7, 11) is 0. The molecule has 2 nitrogen and oxygen atoms in total. The van der Waals surface area contributed by atoms with Gasteiger partial charge < -0.3 is 5.73 Å². The molecule has 0 amide bonds. The van der Waals surface area contributed by atoms with Crippen LogP contribution in [0.2, 0.25) is 0 Å². The quantitative estimate of drug-likeness (QED) is 0.627. The van der Waals surface area contributed by atoms with E-state index in [9.17, 15) is 0 Å². The highest BCUT2D eigenvalue weighted by molar-refractivity contribution is 14.1. The monoisotopic (exact) mass is 292 g/mol. The molecule has 0 saturated heterocycles. The summed E-state index contributed by atoms with van der Waals surface area (Å²) in [5.74, 6) is 0.878. The zero-order chi connectivity index (χ0) is 8.97. The summed E-state index contributed by atoms with van der Waals surface area (Å²) in [4.78, 5) is 4.13. The van der Waals surface area contributed by atoms with Crippen molar-refractivity contribution in [1.82, 2.24) is 0 Å². The maximum absolute atomic E-state index is 5.49. The molecular formula is C8H9IN2S. The van der Waals surface area contributed by atoms with Crippen molar-refractivity contribution < 1.29 is 0 Å². The highest BCUT2D eigenvalue weighted by Crippen LogP contribution is 2.18. The summed E-state index contributed by atoms with van der Waals surface area (Å²) < 4.78 is 1.10. The molecule has 0 aromatic heterocycles. The second-order valence-electron chi connectivity index (χ2n) is 2.15. The zero-order valence-electron chi connectivity index (χ0n) is 6.46. The maximum Gasteiger partial charge on any atom is 0.159 e. The van der Waals surface area contributed by atoms with Crippen LogP contribution in [0.5, 0.6) is 0 Å². The first-order valence-electron chi connectivity index (χ1n) is 3.38. The van der Waals surface area contributed by atoms with E-state index in [1.54, 1.807) is 17.8 Å². The third-order valence-electron chi connectivity index (χ3n) is 1.25. The van der Waals surface area contributed by atoms with Crippen molar-refractivity contribution in [3.8, 4) is 0 Å². The lowest BCUT2D eigenvalue weighted by atomic mass is 10.4. The van der Waals surface area contributed by atoms with E-state index in [-0.39, 0.29) is 0 Å². The SMILES string of the molecule is C=C/C(I)=C\C=C1/CSC(N)=N1. The number of halogens is 1. The van der Waals surface area contributed by atoms with Gasteiger partial charge in [0.1, 0.15) is 0 Å². The predicted molar refractivity (Wildman–Crippen MR) is 64.5 cm³/mol. The summed E-state index contributed by atoms with van der Waals surface area (Å²) in [6, 6.07) is 0. The van der Waals surface area contributed by atoms with Gasteiger partial charge in [-0.05, 0) is 34.7 Å². The van der Waals surface area contributed by atoms with E-state index in [1.165, 1.54) is 0 Å². The average molecular weight is 292 g/mol. The number of aliphatic imine (C=N–C) groups is 1. The second-order valence-corrected chi connectivity index (χ2v) is 4.39. The fourth-order valence-electron chi connectivity index (χ4n) is 0.683. The number of thioether (sulfide) groups is 1. The van der Waals surface area contributed by atoms with Crippen molar-refractivity contribution in [2.45, 2.75) is 0 Å². The molecular weight excluding hydrogens is 283 g/mol. The van der Waals surface area contributed by atoms with Crippen LogP contribution in [0.3, 0.4) is 0 Å². The molecule has 0 saturated carbocycles. The number of hydrogen-bond acceptors (Lipinski definition) is 3. The van der Waals surface area contributed by atoms with E-state index < -0.39 is 0 Å². The lowest BCUT2D eigenvalue weighted by molar-refractivity contribution is 1.34. The van der Waals surface area contributed by atoms with Crippen molar-refractivity contribution in [2.75, 3.05) is 5.75 Å². The van der Waals surface area contributed by atoms with Gasteiger partial charge in [-0.2, -0.15) is 0 Å². The van der Waals surface area contributed by atoms with Gasteiger partial charge in [0.2, 0.25) is 0 Å². The van der Waals surface area contributed by atoms with E-state index in [4.69, 9.17) is 5.73 Å².